The summed E-state index contributed by atoms with van der Waals surface area (Å²) in [6.07, 6.45) is 0.699. The zero-order valence-electron chi connectivity index (χ0n) is 9.56. The monoisotopic (exact) mass is 289 g/mol. The van der Waals surface area contributed by atoms with Gasteiger partial charge in [0.15, 0.2) is 0 Å². The van der Waals surface area contributed by atoms with Gasteiger partial charge in [-0.25, -0.2) is 4.39 Å². The van der Waals surface area contributed by atoms with E-state index in [0.717, 1.165) is 10.0 Å². The largest absolute Gasteiger partial charge is 0.389 e. The molecule has 0 aliphatic carbocycles. The summed E-state index contributed by atoms with van der Waals surface area (Å²) in [5.74, 6) is -0.254. The molecule has 90 valence electrons. The maximum Gasteiger partial charge on any atom is 0.124 e. The molecule has 0 aliphatic rings. The van der Waals surface area contributed by atoms with Crippen molar-refractivity contribution in [1.29, 1.82) is 0 Å². The van der Waals surface area contributed by atoms with Gasteiger partial charge >= 0.3 is 0 Å². The quantitative estimate of drug-likeness (QED) is 0.874. The molecule has 0 radical (unpaired) electrons. The number of halogens is 2. The Morgan fingerprint density at radius 2 is 2.19 bits per heavy atom. The lowest BCUT2D eigenvalue weighted by Crippen LogP contribution is -2.36. The van der Waals surface area contributed by atoms with Gasteiger partial charge in [0, 0.05) is 17.6 Å². The first-order chi connectivity index (χ1) is 7.44. The molecule has 2 nitrogen and oxygen atoms in total. The molecule has 0 amide bonds. The summed E-state index contributed by atoms with van der Waals surface area (Å²) in [6, 6.07) is 4.60. The maximum absolute atomic E-state index is 12.8. The first-order valence-corrected chi connectivity index (χ1v) is 6.11. The van der Waals surface area contributed by atoms with Gasteiger partial charge in [0.2, 0.25) is 0 Å². The molecule has 1 rings (SSSR count). The van der Waals surface area contributed by atoms with Crippen molar-refractivity contribution in [3.05, 3.63) is 34.1 Å². The third-order valence-electron chi connectivity index (χ3n) is 2.60. The molecule has 2 N–H and O–H groups in total. The molecule has 1 atom stereocenters. The summed E-state index contributed by atoms with van der Waals surface area (Å²) in [5.41, 5.74) is 0.292. The molecule has 1 unspecified atom stereocenters. The van der Waals surface area contributed by atoms with Gasteiger partial charge in [0.05, 0.1) is 5.60 Å². The molecular weight excluding hydrogens is 273 g/mol. The van der Waals surface area contributed by atoms with E-state index >= 15 is 0 Å². The Morgan fingerprint density at radius 3 is 2.75 bits per heavy atom. The lowest BCUT2D eigenvalue weighted by Gasteiger charge is -2.21. The van der Waals surface area contributed by atoms with Gasteiger partial charge in [-0.1, -0.05) is 28.9 Å². The van der Waals surface area contributed by atoms with Crippen LogP contribution in [0.4, 0.5) is 4.39 Å². The van der Waals surface area contributed by atoms with Crippen LogP contribution in [0.25, 0.3) is 0 Å². The molecule has 4 heteroatoms. The van der Waals surface area contributed by atoms with Crippen LogP contribution in [0.1, 0.15) is 25.8 Å². The average molecular weight is 290 g/mol. The number of hydrogen-bond donors (Lipinski definition) is 2. The predicted octanol–water partition coefficient (Wildman–Crippen LogP) is 2.84. The molecule has 0 aromatic heterocycles. The van der Waals surface area contributed by atoms with Gasteiger partial charge in [0.1, 0.15) is 5.82 Å². The number of benzene rings is 1. The maximum atomic E-state index is 12.8. The van der Waals surface area contributed by atoms with Crippen LogP contribution >= 0.6 is 15.9 Å². The van der Waals surface area contributed by atoms with Crippen molar-refractivity contribution >= 4 is 15.9 Å². The normalized spacial score (nSPS) is 14.8. The van der Waals surface area contributed by atoms with E-state index in [2.05, 4.69) is 21.2 Å². The highest BCUT2D eigenvalue weighted by Gasteiger charge is 2.16. The summed E-state index contributed by atoms with van der Waals surface area (Å²) in [5, 5.41) is 12.9. The Labute approximate surface area is 104 Å². The first-order valence-electron chi connectivity index (χ1n) is 5.31. The average Bonchev–Trinajstić information content (AvgIpc) is 2.21. The molecular formula is C12H17BrFNO. The lowest BCUT2D eigenvalue weighted by atomic mass is 10.0. The van der Waals surface area contributed by atoms with E-state index in [1.807, 2.05) is 6.92 Å². The highest BCUT2D eigenvalue weighted by molar-refractivity contribution is 9.10. The van der Waals surface area contributed by atoms with Crippen LogP contribution in [0, 0.1) is 5.82 Å². The second-order valence-electron chi connectivity index (χ2n) is 4.19. The molecule has 0 saturated heterocycles. The molecule has 0 spiro atoms. The molecule has 0 saturated carbocycles. The zero-order chi connectivity index (χ0) is 12.2. The van der Waals surface area contributed by atoms with Gasteiger partial charge in [-0.15, -0.1) is 0 Å². The van der Waals surface area contributed by atoms with E-state index in [4.69, 9.17) is 0 Å². The van der Waals surface area contributed by atoms with E-state index in [1.165, 1.54) is 12.1 Å². The zero-order valence-corrected chi connectivity index (χ0v) is 11.1. The highest BCUT2D eigenvalue weighted by Crippen LogP contribution is 2.18. The van der Waals surface area contributed by atoms with Crippen molar-refractivity contribution in [2.24, 2.45) is 0 Å². The molecule has 16 heavy (non-hydrogen) atoms. The van der Waals surface area contributed by atoms with Crippen molar-refractivity contribution in [1.82, 2.24) is 5.32 Å². The second-order valence-corrected chi connectivity index (χ2v) is 5.04. The number of nitrogens with one attached hydrogen (secondary N) is 1. The second kappa shape index (κ2) is 5.75. The number of rotatable bonds is 5. The minimum absolute atomic E-state index is 0.254. The van der Waals surface area contributed by atoms with Crippen LogP contribution in [0.15, 0.2) is 22.7 Å². The third kappa shape index (κ3) is 4.20. The van der Waals surface area contributed by atoms with Crippen molar-refractivity contribution < 1.29 is 9.50 Å². The van der Waals surface area contributed by atoms with Gasteiger partial charge < -0.3 is 10.4 Å². The van der Waals surface area contributed by atoms with Crippen LogP contribution in [0.2, 0.25) is 0 Å². The fourth-order valence-electron chi connectivity index (χ4n) is 1.26. The van der Waals surface area contributed by atoms with Crippen molar-refractivity contribution in [2.75, 3.05) is 6.54 Å². The van der Waals surface area contributed by atoms with Crippen LogP contribution in [0.3, 0.4) is 0 Å². The van der Waals surface area contributed by atoms with Gasteiger partial charge in [-0.05, 0) is 31.0 Å². The van der Waals surface area contributed by atoms with E-state index in [-0.39, 0.29) is 5.82 Å². The van der Waals surface area contributed by atoms with E-state index in [0.29, 0.717) is 19.5 Å². The van der Waals surface area contributed by atoms with Crippen LogP contribution in [-0.2, 0) is 6.54 Å². The Hall–Kier alpha value is -0.450. The predicted molar refractivity (Wildman–Crippen MR) is 66.7 cm³/mol. The van der Waals surface area contributed by atoms with Gasteiger partial charge in [-0.2, -0.15) is 0 Å². The van der Waals surface area contributed by atoms with Crippen molar-refractivity contribution in [3.63, 3.8) is 0 Å². The number of aliphatic hydroxyl groups is 1. The van der Waals surface area contributed by atoms with Crippen LogP contribution in [-0.4, -0.2) is 17.3 Å². The smallest absolute Gasteiger partial charge is 0.124 e. The van der Waals surface area contributed by atoms with Crippen molar-refractivity contribution in [2.45, 2.75) is 32.4 Å². The van der Waals surface area contributed by atoms with Gasteiger partial charge in [-0.3, -0.25) is 0 Å². The van der Waals surface area contributed by atoms with E-state index in [1.54, 1.807) is 13.0 Å². The van der Waals surface area contributed by atoms with Crippen LogP contribution < -0.4 is 5.32 Å². The van der Waals surface area contributed by atoms with E-state index in [9.17, 15) is 9.50 Å². The van der Waals surface area contributed by atoms with Crippen LogP contribution in [0.5, 0.6) is 0 Å². The lowest BCUT2D eigenvalue weighted by molar-refractivity contribution is 0.0555. The van der Waals surface area contributed by atoms with Gasteiger partial charge in [0.25, 0.3) is 0 Å². The minimum Gasteiger partial charge on any atom is -0.389 e. The minimum atomic E-state index is -0.688. The molecule has 0 bridgehead atoms. The first kappa shape index (κ1) is 13.6. The SMILES string of the molecule is CCC(C)(O)CNCc1ccc(F)cc1Br. The fourth-order valence-corrected chi connectivity index (χ4v) is 1.75. The van der Waals surface area contributed by atoms with Crippen molar-refractivity contribution in [3.8, 4) is 0 Å². The summed E-state index contributed by atoms with van der Waals surface area (Å²) in [4.78, 5) is 0. The molecule has 1 aromatic carbocycles. The summed E-state index contributed by atoms with van der Waals surface area (Å²) >= 11 is 3.30. The standard InChI is InChI=1S/C12H17BrFNO/c1-3-12(2,16)8-15-7-9-4-5-10(14)6-11(9)13/h4-6,15-16H,3,7-8H2,1-2H3. The molecule has 1 aromatic rings. The highest BCUT2D eigenvalue weighted by atomic mass is 79.9. The Morgan fingerprint density at radius 1 is 1.50 bits per heavy atom. The van der Waals surface area contributed by atoms with E-state index < -0.39 is 5.60 Å². The molecule has 0 fully saturated rings. The summed E-state index contributed by atoms with van der Waals surface area (Å²) < 4.78 is 13.6. The number of hydrogen-bond acceptors (Lipinski definition) is 2. The topological polar surface area (TPSA) is 32.3 Å². The summed E-state index contributed by atoms with van der Waals surface area (Å²) in [7, 11) is 0. The summed E-state index contributed by atoms with van der Waals surface area (Å²) in [6.45, 7) is 4.86. The molecule has 0 aliphatic heterocycles. The Balaban J connectivity index is 2.49. The third-order valence-corrected chi connectivity index (χ3v) is 3.34. The Bertz CT molecular complexity index is 355. The fraction of sp³-hybridized carbons (Fsp3) is 0.500. The molecule has 0 heterocycles. The Kier molecular flexibility index (Phi) is 4.89.